The van der Waals surface area contributed by atoms with Gasteiger partial charge in [-0.15, -0.1) is 0 Å². The number of carbonyl (C=O) groups is 3. The highest BCUT2D eigenvalue weighted by Crippen LogP contribution is 2.30. The number of fused-ring (bicyclic) bond motifs is 1. The molecule has 10 heteroatoms. The van der Waals surface area contributed by atoms with Crippen molar-refractivity contribution in [3.05, 3.63) is 58.1 Å². The largest absolute Gasteiger partial charge is 0.492 e. The second-order valence-electron chi connectivity index (χ2n) is 7.02. The van der Waals surface area contributed by atoms with Crippen molar-refractivity contribution in [2.45, 2.75) is 19.4 Å². The van der Waals surface area contributed by atoms with Gasteiger partial charge in [-0.2, -0.15) is 0 Å². The van der Waals surface area contributed by atoms with Crippen LogP contribution in [0.2, 0.25) is 0 Å². The number of sulfone groups is 1. The molecule has 1 N–H and O–H groups in total. The molecule has 0 radical (unpaired) electrons. The highest BCUT2D eigenvalue weighted by atomic mass is 79.9. The molecule has 164 valence electrons. The molecular formula is C21H21BrN2O6S. The van der Waals surface area contributed by atoms with Crippen molar-refractivity contribution in [1.82, 2.24) is 4.90 Å². The van der Waals surface area contributed by atoms with Crippen LogP contribution in [0.4, 0.5) is 5.69 Å². The number of nitrogens with zero attached hydrogens (tertiary/aromatic N) is 1. The molecule has 2 aromatic rings. The fraction of sp³-hybridized carbons (Fsp3) is 0.286. The van der Waals surface area contributed by atoms with E-state index in [1.165, 1.54) is 12.1 Å². The van der Waals surface area contributed by atoms with Crippen LogP contribution in [0.25, 0.3) is 0 Å². The molecule has 1 atom stereocenters. The smallest absolute Gasteiger partial charge is 0.262 e. The van der Waals surface area contributed by atoms with Crippen molar-refractivity contribution in [1.29, 1.82) is 0 Å². The average Bonchev–Trinajstić information content (AvgIpc) is 2.93. The number of benzene rings is 2. The Morgan fingerprint density at radius 2 is 1.81 bits per heavy atom. The van der Waals surface area contributed by atoms with Crippen molar-refractivity contribution in [3.63, 3.8) is 0 Å². The molecule has 8 nitrogen and oxygen atoms in total. The Bertz CT molecular complexity index is 1150. The molecule has 31 heavy (non-hydrogen) atoms. The lowest BCUT2D eigenvalue weighted by Gasteiger charge is -2.25. The fourth-order valence-corrected chi connectivity index (χ4v) is 4.30. The first-order valence-corrected chi connectivity index (χ1v) is 12.4. The maximum absolute atomic E-state index is 13.2. The summed E-state index contributed by atoms with van der Waals surface area (Å²) < 4.78 is 29.6. The Balaban J connectivity index is 1.95. The van der Waals surface area contributed by atoms with E-state index >= 15 is 0 Å². The lowest BCUT2D eigenvalue weighted by Crippen LogP contribution is -2.48. The highest BCUT2D eigenvalue weighted by molar-refractivity contribution is 9.10. The maximum atomic E-state index is 13.2. The van der Waals surface area contributed by atoms with Gasteiger partial charge >= 0.3 is 0 Å². The first-order chi connectivity index (χ1) is 14.6. The van der Waals surface area contributed by atoms with E-state index in [1.54, 1.807) is 37.3 Å². The number of hydrogen-bond acceptors (Lipinski definition) is 6. The van der Waals surface area contributed by atoms with Crippen molar-refractivity contribution in [3.8, 4) is 5.75 Å². The monoisotopic (exact) mass is 508 g/mol. The third kappa shape index (κ3) is 5.13. The first-order valence-electron chi connectivity index (χ1n) is 9.50. The number of ether oxygens (including phenoxy) is 1. The zero-order chi connectivity index (χ0) is 22.8. The summed E-state index contributed by atoms with van der Waals surface area (Å²) in [7, 11) is -3.44. The minimum Gasteiger partial charge on any atom is -0.492 e. The SMILES string of the molecule is CCOc1ccccc1NC(=O)C(CCS(C)(=O)=O)N1C(=O)c2ccc(Br)cc2C1=O. The molecule has 1 aliphatic rings. The average molecular weight is 509 g/mol. The molecule has 0 spiro atoms. The van der Waals surface area contributed by atoms with Crippen LogP contribution >= 0.6 is 15.9 Å². The molecule has 2 aromatic carbocycles. The molecule has 0 fully saturated rings. The summed E-state index contributed by atoms with van der Waals surface area (Å²) in [6.07, 6.45) is 0.806. The van der Waals surface area contributed by atoms with E-state index in [4.69, 9.17) is 4.74 Å². The van der Waals surface area contributed by atoms with Crippen LogP contribution in [-0.2, 0) is 14.6 Å². The minimum atomic E-state index is -3.44. The Kier molecular flexibility index (Phi) is 6.80. The molecule has 0 aromatic heterocycles. The van der Waals surface area contributed by atoms with Crippen molar-refractivity contribution < 1.29 is 27.5 Å². The Labute approximate surface area is 188 Å². The lowest BCUT2D eigenvalue weighted by molar-refractivity contribution is -0.120. The van der Waals surface area contributed by atoms with E-state index in [0.29, 0.717) is 22.5 Å². The number of amides is 3. The van der Waals surface area contributed by atoms with Gasteiger partial charge in [0.05, 0.1) is 29.2 Å². The fourth-order valence-electron chi connectivity index (χ4n) is 3.29. The second-order valence-corrected chi connectivity index (χ2v) is 10.2. The number of para-hydroxylation sites is 2. The number of imide groups is 1. The van der Waals surface area contributed by atoms with Gasteiger partial charge in [-0.1, -0.05) is 28.1 Å². The third-order valence-corrected chi connectivity index (χ3v) is 6.17. The van der Waals surface area contributed by atoms with Crippen LogP contribution < -0.4 is 10.1 Å². The molecule has 0 saturated carbocycles. The minimum absolute atomic E-state index is 0.159. The van der Waals surface area contributed by atoms with Crippen LogP contribution in [-0.4, -0.2) is 55.7 Å². The summed E-state index contributed by atoms with van der Waals surface area (Å²) in [4.78, 5) is 39.9. The molecule has 3 amide bonds. The topological polar surface area (TPSA) is 110 Å². The zero-order valence-electron chi connectivity index (χ0n) is 16.9. The quantitative estimate of drug-likeness (QED) is 0.549. The van der Waals surface area contributed by atoms with Crippen LogP contribution in [0.3, 0.4) is 0 Å². The first kappa shape index (κ1) is 23.0. The summed E-state index contributed by atoms with van der Waals surface area (Å²) in [5.41, 5.74) is 0.685. The lowest BCUT2D eigenvalue weighted by atomic mass is 10.1. The molecule has 1 unspecified atom stereocenters. The summed E-state index contributed by atoms with van der Waals surface area (Å²) in [5, 5.41) is 2.67. The predicted octanol–water partition coefficient (Wildman–Crippen LogP) is 2.89. The van der Waals surface area contributed by atoms with Crippen molar-refractivity contribution in [2.75, 3.05) is 23.9 Å². The normalized spacial score (nSPS) is 14.4. The Morgan fingerprint density at radius 1 is 1.13 bits per heavy atom. The second kappa shape index (κ2) is 9.19. The van der Waals surface area contributed by atoms with Crippen LogP contribution in [0.15, 0.2) is 46.9 Å². The van der Waals surface area contributed by atoms with E-state index in [0.717, 1.165) is 11.2 Å². The number of nitrogens with one attached hydrogen (secondary N) is 1. The van der Waals surface area contributed by atoms with Gasteiger partial charge < -0.3 is 10.1 Å². The van der Waals surface area contributed by atoms with Gasteiger partial charge in [0.25, 0.3) is 11.8 Å². The number of rotatable bonds is 8. The number of halogens is 1. The van der Waals surface area contributed by atoms with E-state index in [-0.39, 0.29) is 23.3 Å². The summed E-state index contributed by atoms with van der Waals surface area (Å²) in [6, 6.07) is 10.0. The zero-order valence-corrected chi connectivity index (χ0v) is 19.3. The summed E-state index contributed by atoms with van der Waals surface area (Å²) in [5.74, 6) is -1.90. The van der Waals surface area contributed by atoms with Crippen molar-refractivity contribution >= 4 is 49.2 Å². The molecule has 0 bridgehead atoms. The third-order valence-electron chi connectivity index (χ3n) is 4.70. The molecular weight excluding hydrogens is 488 g/mol. The number of carbonyl (C=O) groups excluding carboxylic acids is 3. The van der Waals surface area contributed by atoms with E-state index < -0.39 is 33.6 Å². The van der Waals surface area contributed by atoms with Crippen LogP contribution in [0.5, 0.6) is 5.75 Å². The molecule has 3 rings (SSSR count). The van der Waals surface area contributed by atoms with E-state index in [9.17, 15) is 22.8 Å². The van der Waals surface area contributed by atoms with Gasteiger partial charge in [0.15, 0.2) is 0 Å². The van der Waals surface area contributed by atoms with Gasteiger partial charge in [0, 0.05) is 10.7 Å². The van der Waals surface area contributed by atoms with E-state index in [2.05, 4.69) is 21.2 Å². The predicted molar refractivity (Wildman–Crippen MR) is 119 cm³/mol. The van der Waals surface area contributed by atoms with Crippen molar-refractivity contribution in [2.24, 2.45) is 0 Å². The maximum Gasteiger partial charge on any atom is 0.262 e. The molecule has 0 saturated heterocycles. The summed E-state index contributed by atoms with van der Waals surface area (Å²) in [6.45, 7) is 2.17. The summed E-state index contributed by atoms with van der Waals surface area (Å²) >= 11 is 3.27. The molecule has 1 aliphatic heterocycles. The van der Waals surface area contributed by atoms with Crippen LogP contribution in [0, 0.1) is 0 Å². The molecule has 1 heterocycles. The van der Waals surface area contributed by atoms with Gasteiger partial charge in [0.2, 0.25) is 5.91 Å². The molecule has 0 aliphatic carbocycles. The standard InChI is InChI=1S/C21H21BrN2O6S/c1-3-30-18-7-5-4-6-16(18)23-19(25)17(10-11-31(2,28)29)24-20(26)14-9-8-13(22)12-15(14)21(24)27/h4-9,12,17H,3,10-11H2,1-2H3,(H,23,25). The van der Waals surface area contributed by atoms with Gasteiger partial charge in [-0.25, -0.2) is 8.42 Å². The highest BCUT2D eigenvalue weighted by Gasteiger charge is 2.43. The number of hydrogen-bond donors (Lipinski definition) is 1. The van der Waals surface area contributed by atoms with E-state index in [1.807, 2.05) is 0 Å². The van der Waals surface area contributed by atoms with Crippen LogP contribution in [0.1, 0.15) is 34.1 Å². The van der Waals surface area contributed by atoms with Gasteiger partial charge in [-0.05, 0) is 43.7 Å². The Morgan fingerprint density at radius 3 is 2.48 bits per heavy atom. The van der Waals surface area contributed by atoms with Gasteiger partial charge in [-0.3, -0.25) is 19.3 Å². The Hall–Kier alpha value is -2.72. The number of anilines is 1. The van der Waals surface area contributed by atoms with Gasteiger partial charge in [0.1, 0.15) is 21.6 Å².